The van der Waals surface area contributed by atoms with Gasteiger partial charge >= 0.3 is 0 Å². The van der Waals surface area contributed by atoms with Crippen LogP contribution in [0.25, 0.3) is 65.8 Å². The van der Waals surface area contributed by atoms with Gasteiger partial charge < -0.3 is 18.6 Å². The summed E-state index contributed by atoms with van der Waals surface area (Å²) in [5.74, 6) is 0. The Hall–Kier alpha value is -7.56. The zero-order valence-corrected chi connectivity index (χ0v) is 30.3. The van der Waals surface area contributed by atoms with Crippen molar-refractivity contribution in [1.29, 1.82) is 0 Å². The minimum absolute atomic E-state index is 0.792. The van der Waals surface area contributed by atoms with Crippen LogP contribution in [0.15, 0.2) is 215 Å². The van der Waals surface area contributed by atoms with Crippen molar-refractivity contribution in [2.75, 3.05) is 9.80 Å². The number of nitrogens with zero attached hydrogens (tertiary/aromatic N) is 2. The van der Waals surface area contributed by atoms with Crippen molar-refractivity contribution in [2.45, 2.75) is 0 Å². The van der Waals surface area contributed by atoms with Gasteiger partial charge in [-0.1, -0.05) is 127 Å². The van der Waals surface area contributed by atoms with Crippen LogP contribution in [0.5, 0.6) is 0 Å². The molecule has 0 spiro atoms. The highest BCUT2D eigenvalue weighted by atomic mass is 16.3. The minimum Gasteiger partial charge on any atom is -0.456 e. The molecule has 0 amide bonds. The van der Waals surface area contributed by atoms with Gasteiger partial charge in [0.15, 0.2) is 5.58 Å². The van der Waals surface area contributed by atoms with Crippen LogP contribution < -0.4 is 9.80 Å². The predicted octanol–water partition coefficient (Wildman–Crippen LogP) is 15.2. The van der Waals surface area contributed by atoms with Gasteiger partial charge in [0, 0.05) is 50.1 Å². The fraction of sp³-hybridized carbons (Fsp3) is 0. The van der Waals surface area contributed by atoms with Crippen molar-refractivity contribution < 1.29 is 8.83 Å². The number of hydrogen-bond acceptors (Lipinski definition) is 4. The van der Waals surface area contributed by atoms with Crippen molar-refractivity contribution in [3.63, 3.8) is 0 Å². The van der Waals surface area contributed by atoms with Crippen LogP contribution in [0.1, 0.15) is 0 Å². The molecule has 264 valence electrons. The van der Waals surface area contributed by atoms with Crippen LogP contribution in [0.2, 0.25) is 0 Å². The minimum atomic E-state index is 0.792. The summed E-state index contributed by atoms with van der Waals surface area (Å²) >= 11 is 0. The first-order valence-corrected chi connectivity index (χ1v) is 18.9. The normalized spacial score (nSPS) is 11.6. The fourth-order valence-corrected chi connectivity index (χ4v) is 8.24. The third-order valence-corrected chi connectivity index (χ3v) is 10.8. The summed E-state index contributed by atoms with van der Waals surface area (Å²) in [7, 11) is 0. The van der Waals surface area contributed by atoms with Gasteiger partial charge in [-0.15, -0.1) is 0 Å². The van der Waals surface area contributed by atoms with E-state index in [1.807, 2.05) is 12.1 Å². The quantitative estimate of drug-likeness (QED) is 0.164. The Kier molecular flexibility index (Phi) is 7.46. The average molecular weight is 719 g/mol. The largest absolute Gasteiger partial charge is 0.456 e. The molecule has 0 aliphatic carbocycles. The lowest BCUT2D eigenvalue weighted by Crippen LogP contribution is -2.17. The van der Waals surface area contributed by atoms with Crippen molar-refractivity contribution in [1.82, 2.24) is 0 Å². The lowest BCUT2D eigenvalue weighted by atomic mass is 10.0. The first-order valence-electron chi connectivity index (χ1n) is 18.9. The number of fused-ring (bicyclic) bond motifs is 8. The van der Waals surface area contributed by atoms with Crippen LogP contribution in [0.4, 0.5) is 34.1 Å². The zero-order valence-electron chi connectivity index (χ0n) is 30.3. The maximum atomic E-state index is 7.24. The molecule has 0 saturated carbocycles. The molecule has 4 nitrogen and oxygen atoms in total. The smallest absolute Gasteiger partial charge is 0.161 e. The number of anilines is 6. The summed E-state index contributed by atoms with van der Waals surface area (Å²) in [6.07, 6.45) is 0. The molecule has 0 atom stereocenters. The number of benzene rings is 9. The van der Waals surface area contributed by atoms with E-state index in [-0.39, 0.29) is 0 Å². The van der Waals surface area contributed by atoms with Gasteiger partial charge in [0.1, 0.15) is 22.4 Å². The first kappa shape index (κ1) is 31.9. The molecule has 0 saturated heterocycles. The molecule has 11 rings (SSSR count). The van der Waals surface area contributed by atoms with E-state index in [1.165, 1.54) is 0 Å². The molecule has 4 heteroatoms. The Morgan fingerprint density at radius 2 is 0.875 bits per heavy atom. The maximum Gasteiger partial charge on any atom is 0.161 e. The highest BCUT2D eigenvalue weighted by Crippen LogP contribution is 2.52. The molecule has 0 N–H and O–H groups in total. The summed E-state index contributed by atoms with van der Waals surface area (Å²) in [4.78, 5) is 4.67. The monoisotopic (exact) mass is 718 g/mol. The lowest BCUT2D eigenvalue weighted by molar-refractivity contribution is 0.668. The topological polar surface area (TPSA) is 32.8 Å². The van der Waals surface area contributed by atoms with Crippen LogP contribution in [-0.4, -0.2) is 0 Å². The second kappa shape index (κ2) is 13.1. The van der Waals surface area contributed by atoms with Crippen molar-refractivity contribution in [2.24, 2.45) is 0 Å². The molecule has 0 bridgehead atoms. The van der Waals surface area contributed by atoms with Crippen LogP contribution in [-0.2, 0) is 0 Å². The van der Waals surface area contributed by atoms with E-state index in [2.05, 4.69) is 204 Å². The molecule has 56 heavy (non-hydrogen) atoms. The summed E-state index contributed by atoms with van der Waals surface area (Å²) in [5.41, 5.74) is 11.5. The van der Waals surface area contributed by atoms with Crippen molar-refractivity contribution >= 4 is 88.8 Å². The van der Waals surface area contributed by atoms with Crippen LogP contribution >= 0.6 is 0 Å². The molecule has 2 heterocycles. The van der Waals surface area contributed by atoms with E-state index in [4.69, 9.17) is 8.83 Å². The van der Waals surface area contributed by atoms with Gasteiger partial charge in [0.05, 0.1) is 11.4 Å². The Bertz CT molecular complexity index is 3160. The molecule has 0 aliphatic rings. The van der Waals surface area contributed by atoms with Gasteiger partial charge in [-0.3, -0.25) is 0 Å². The number of para-hydroxylation sites is 3. The fourth-order valence-electron chi connectivity index (χ4n) is 8.24. The van der Waals surface area contributed by atoms with Crippen LogP contribution in [0, 0.1) is 0 Å². The Morgan fingerprint density at radius 3 is 1.66 bits per heavy atom. The summed E-state index contributed by atoms with van der Waals surface area (Å²) in [6, 6.07) is 72.5. The van der Waals surface area contributed by atoms with E-state index in [1.54, 1.807) is 0 Å². The second-order valence-corrected chi connectivity index (χ2v) is 14.1. The SMILES string of the molecule is c1ccc(-c2cccc(N(c3ccc4c(c3)oc3ccccc34)c3c(N(c4ccccc4)c4ccccc4)ccc4c3oc3c5ccccc5ccc43)c2)cc1. The van der Waals surface area contributed by atoms with Crippen molar-refractivity contribution in [3.05, 3.63) is 206 Å². The van der Waals surface area contributed by atoms with Gasteiger partial charge in [0.25, 0.3) is 0 Å². The van der Waals surface area contributed by atoms with E-state index in [0.29, 0.717) is 0 Å². The number of rotatable bonds is 7. The molecular weight excluding hydrogens is 685 g/mol. The third-order valence-electron chi connectivity index (χ3n) is 10.8. The number of hydrogen-bond donors (Lipinski definition) is 0. The first-order chi connectivity index (χ1) is 27.8. The zero-order chi connectivity index (χ0) is 37.0. The summed E-state index contributed by atoms with van der Waals surface area (Å²) in [6.45, 7) is 0. The molecule has 9 aromatic carbocycles. The Labute approximate surface area is 323 Å². The predicted molar refractivity (Wildman–Crippen MR) is 233 cm³/mol. The van der Waals surface area contributed by atoms with Gasteiger partial charge in [0.2, 0.25) is 0 Å². The summed E-state index contributed by atoms with van der Waals surface area (Å²) in [5, 5.41) is 6.50. The molecule has 0 radical (unpaired) electrons. The van der Waals surface area contributed by atoms with Gasteiger partial charge in [-0.05, 0) is 89.3 Å². The Morgan fingerprint density at radius 1 is 0.304 bits per heavy atom. The van der Waals surface area contributed by atoms with E-state index >= 15 is 0 Å². The average Bonchev–Trinajstić information content (AvgIpc) is 3.84. The highest BCUT2D eigenvalue weighted by molar-refractivity contribution is 6.20. The molecular formula is C52H34N2O2. The van der Waals surface area contributed by atoms with Gasteiger partial charge in [-0.25, -0.2) is 0 Å². The van der Waals surface area contributed by atoms with Crippen LogP contribution in [0.3, 0.4) is 0 Å². The molecule has 2 aromatic heterocycles. The highest BCUT2D eigenvalue weighted by Gasteiger charge is 2.28. The second-order valence-electron chi connectivity index (χ2n) is 14.1. The maximum absolute atomic E-state index is 7.24. The molecule has 0 fully saturated rings. The standard InChI is InChI=1S/C52H34N2O2/c1-4-15-35(16-5-1)37-18-14-23-40(33-37)54(41-28-30-44-43-25-12-13-26-48(43)55-49(44)34-41)50-47(53(38-19-6-2-7-20-38)39-21-8-3-9-22-39)32-31-46-45-29-27-36-17-10-11-24-42(36)51(45)56-52(46)50/h1-34H. The number of furan rings is 2. The Balaban J connectivity index is 1.28. The molecule has 0 aliphatic heterocycles. The third kappa shape index (κ3) is 5.23. The van der Waals surface area contributed by atoms with Gasteiger partial charge in [-0.2, -0.15) is 0 Å². The van der Waals surface area contributed by atoms with Crippen molar-refractivity contribution in [3.8, 4) is 11.1 Å². The molecule has 0 unspecified atom stereocenters. The van der Waals surface area contributed by atoms with E-state index in [9.17, 15) is 0 Å². The van der Waals surface area contributed by atoms with E-state index < -0.39 is 0 Å². The lowest BCUT2D eigenvalue weighted by Gasteiger charge is -2.33. The molecule has 11 aromatic rings. The summed E-state index contributed by atoms with van der Waals surface area (Å²) < 4.78 is 13.8. The van der Waals surface area contributed by atoms with E-state index in [0.717, 1.165) is 99.9 Å².